The molecule has 0 fully saturated rings. The quantitative estimate of drug-likeness (QED) is 0.681. The van der Waals surface area contributed by atoms with Gasteiger partial charge in [-0.2, -0.15) is 0 Å². The van der Waals surface area contributed by atoms with Crippen LogP contribution in [-0.2, 0) is 16.0 Å². The van der Waals surface area contributed by atoms with Crippen molar-refractivity contribution >= 4 is 17.9 Å². The first kappa shape index (κ1) is 15.6. The molecule has 0 aliphatic heterocycles. The molecule has 1 aromatic heterocycles. The van der Waals surface area contributed by atoms with E-state index in [2.05, 4.69) is 15.6 Å². The van der Waals surface area contributed by atoms with Crippen LogP contribution in [0.3, 0.4) is 0 Å². The Kier molecular flexibility index (Phi) is 6.74. The number of carbonyl (C=O) groups excluding carboxylic acids is 2. The Hall–Kier alpha value is -2.44. The number of imide groups is 1. The van der Waals surface area contributed by atoms with Gasteiger partial charge in [-0.15, -0.1) is 0 Å². The van der Waals surface area contributed by atoms with E-state index in [1.54, 1.807) is 12.3 Å². The smallest absolute Gasteiger partial charge is 0.321 e. The second-order valence-corrected chi connectivity index (χ2v) is 4.12. The van der Waals surface area contributed by atoms with E-state index >= 15 is 0 Å². The number of nitrogens with zero attached hydrogens (tertiary/aromatic N) is 1. The lowest BCUT2D eigenvalue weighted by Gasteiger charge is -2.06. The fourth-order valence-corrected chi connectivity index (χ4v) is 1.48. The van der Waals surface area contributed by atoms with Crippen molar-refractivity contribution in [1.82, 2.24) is 15.6 Å². The molecular weight excluding hydrogens is 262 g/mol. The molecule has 3 amide bonds. The zero-order valence-corrected chi connectivity index (χ0v) is 11.0. The number of aromatic nitrogens is 1. The second kappa shape index (κ2) is 8.63. The van der Waals surface area contributed by atoms with Crippen LogP contribution in [0.4, 0.5) is 4.79 Å². The highest BCUT2D eigenvalue weighted by atomic mass is 16.4. The van der Waals surface area contributed by atoms with Gasteiger partial charge in [0.1, 0.15) is 0 Å². The van der Waals surface area contributed by atoms with Crippen LogP contribution in [0.15, 0.2) is 24.4 Å². The molecule has 3 N–H and O–H groups in total. The topological polar surface area (TPSA) is 108 Å². The lowest BCUT2D eigenvalue weighted by Crippen LogP contribution is -2.40. The van der Waals surface area contributed by atoms with Crippen molar-refractivity contribution in [2.75, 3.05) is 6.54 Å². The summed E-state index contributed by atoms with van der Waals surface area (Å²) in [7, 11) is 0. The Morgan fingerprint density at radius 3 is 2.65 bits per heavy atom. The highest BCUT2D eigenvalue weighted by Gasteiger charge is 2.08. The third-order valence-electron chi connectivity index (χ3n) is 2.44. The van der Waals surface area contributed by atoms with Crippen LogP contribution < -0.4 is 10.6 Å². The number of urea groups is 1. The van der Waals surface area contributed by atoms with E-state index in [-0.39, 0.29) is 19.3 Å². The molecule has 0 spiro atoms. The Morgan fingerprint density at radius 2 is 2.00 bits per heavy atom. The number of carbonyl (C=O) groups is 3. The van der Waals surface area contributed by atoms with Crippen LogP contribution in [0.25, 0.3) is 0 Å². The first-order valence-electron chi connectivity index (χ1n) is 6.27. The van der Waals surface area contributed by atoms with Gasteiger partial charge >= 0.3 is 12.0 Å². The number of hydrogen-bond acceptors (Lipinski definition) is 4. The van der Waals surface area contributed by atoms with Gasteiger partial charge in [-0.25, -0.2) is 4.79 Å². The summed E-state index contributed by atoms with van der Waals surface area (Å²) in [6, 6.07) is 4.92. The minimum Gasteiger partial charge on any atom is -0.481 e. The van der Waals surface area contributed by atoms with Gasteiger partial charge < -0.3 is 10.4 Å². The minimum atomic E-state index is -0.961. The average Bonchev–Trinajstić information content (AvgIpc) is 2.39. The number of carboxylic acid groups (broad SMARTS) is 1. The molecule has 0 saturated carbocycles. The lowest BCUT2D eigenvalue weighted by atomic mass is 10.2. The van der Waals surface area contributed by atoms with Gasteiger partial charge in [-0.05, 0) is 18.6 Å². The number of rotatable bonds is 7. The van der Waals surface area contributed by atoms with Crippen molar-refractivity contribution in [2.24, 2.45) is 0 Å². The zero-order chi connectivity index (χ0) is 14.8. The Balaban J connectivity index is 2.13. The van der Waals surface area contributed by atoms with E-state index in [0.717, 1.165) is 5.69 Å². The number of aliphatic carboxylic acids is 1. The molecule has 0 aromatic carbocycles. The summed E-state index contributed by atoms with van der Waals surface area (Å²) in [4.78, 5) is 37.0. The summed E-state index contributed by atoms with van der Waals surface area (Å²) in [6.07, 6.45) is 2.37. The molecule has 1 aromatic rings. The fourth-order valence-electron chi connectivity index (χ4n) is 1.48. The summed E-state index contributed by atoms with van der Waals surface area (Å²) < 4.78 is 0. The van der Waals surface area contributed by atoms with Crippen LogP contribution in [0.5, 0.6) is 0 Å². The first-order valence-corrected chi connectivity index (χ1v) is 6.27. The minimum absolute atomic E-state index is 0.0139. The van der Waals surface area contributed by atoms with Crippen molar-refractivity contribution < 1.29 is 19.5 Å². The number of carboxylic acids is 1. The summed E-state index contributed by atoms with van der Waals surface area (Å²) in [5, 5.41) is 13.1. The molecule has 0 bridgehead atoms. The predicted octanol–water partition coefficient (Wildman–Crippen LogP) is 0.705. The molecular formula is C13H17N3O4. The summed E-state index contributed by atoms with van der Waals surface area (Å²) >= 11 is 0. The average molecular weight is 279 g/mol. The molecule has 0 aliphatic rings. The highest BCUT2D eigenvalue weighted by molar-refractivity contribution is 5.94. The van der Waals surface area contributed by atoms with E-state index in [9.17, 15) is 14.4 Å². The Labute approximate surface area is 116 Å². The van der Waals surface area contributed by atoms with E-state index in [0.29, 0.717) is 13.0 Å². The Bertz CT molecular complexity index is 462. The standard InChI is InChI=1S/C13H17N3O4/c17-11(5-3-6-12(18)19)16-13(20)15-9-7-10-4-1-2-8-14-10/h1-2,4,8H,3,5-7,9H2,(H,18,19)(H2,15,16,17,20). The van der Waals surface area contributed by atoms with Gasteiger partial charge in [0.25, 0.3) is 0 Å². The van der Waals surface area contributed by atoms with E-state index in [1.165, 1.54) is 0 Å². The highest BCUT2D eigenvalue weighted by Crippen LogP contribution is 1.95. The zero-order valence-electron chi connectivity index (χ0n) is 11.0. The molecule has 7 heteroatoms. The van der Waals surface area contributed by atoms with Crippen LogP contribution in [0.1, 0.15) is 25.0 Å². The number of hydrogen-bond donors (Lipinski definition) is 3. The van der Waals surface area contributed by atoms with Gasteiger partial charge in [0.2, 0.25) is 5.91 Å². The maximum atomic E-state index is 11.4. The predicted molar refractivity (Wildman–Crippen MR) is 71.0 cm³/mol. The van der Waals surface area contributed by atoms with Crippen molar-refractivity contribution in [3.8, 4) is 0 Å². The van der Waals surface area contributed by atoms with Gasteiger partial charge in [0, 0.05) is 37.7 Å². The molecule has 1 rings (SSSR count). The van der Waals surface area contributed by atoms with Gasteiger partial charge in [0.15, 0.2) is 0 Å². The van der Waals surface area contributed by atoms with Crippen LogP contribution in [-0.4, -0.2) is 34.5 Å². The Morgan fingerprint density at radius 1 is 1.20 bits per heavy atom. The number of pyridine rings is 1. The molecule has 0 atom stereocenters. The van der Waals surface area contributed by atoms with Gasteiger partial charge in [-0.3, -0.25) is 19.9 Å². The molecule has 0 aliphatic carbocycles. The molecule has 7 nitrogen and oxygen atoms in total. The normalized spacial score (nSPS) is 9.80. The van der Waals surface area contributed by atoms with E-state index < -0.39 is 17.9 Å². The summed E-state index contributed by atoms with van der Waals surface area (Å²) in [5.41, 5.74) is 0.848. The third-order valence-corrected chi connectivity index (χ3v) is 2.44. The summed E-state index contributed by atoms with van der Waals surface area (Å²) in [5.74, 6) is -1.45. The van der Waals surface area contributed by atoms with Crippen LogP contribution in [0.2, 0.25) is 0 Å². The molecule has 1 heterocycles. The third kappa shape index (κ3) is 7.10. The summed E-state index contributed by atoms with van der Waals surface area (Å²) in [6.45, 7) is 0.366. The lowest BCUT2D eigenvalue weighted by molar-refractivity contribution is -0.137. The number of nitrogens with one attached hydrogen (secondary N) is 2. The second-order valence-electron chi connectivity index (χ2n) is 4.12. The first-order chi connectivity index (χ1) is 9.58. The molecule has 108 valence electrons. The SMILES string of the molecule is O=C(O)CCCC(=O)NC(=O)NCCc1ccccn1. The number of amides is 3. The maximum absolute atomic E-state index is 11.4. The van der Waals surface area contributed by atoms with Gasteiger partial charge in [-0.1, -0.05) is 6.07 Å². The van der Waals surface area contributed by atoms with Crippen LogP contribution in [0, 0.1) is 0 Å². The van der Waals surface area contributed by atoms with E-state index in [1.807, 2.05) is 12.1 Å². The van der Waals surface area contributed by atoms with Crippen LogP contribution >= 0.6 is 0 Å². The van der Waals surface area contributed by atoms with E-state index in [4.69, 9.17) is 5.11 Å². The van der Waals surface area contributed by atoms with Crippen molar-refractivity contribution in [3.63, 3.8) is 0 Å². The molecule has 0 radical (unpaired) electrons. The molecule has 0 unspecified atom stereocenters. The van der Waals surface area contributed by atoms with Crippen molar-refractivity contribution in [2.45, 2.75) is 25.7 Å². The van der Waals surface area contributed by atoms with Crippen molar-refractivity contribution in [1.29, 1.82) is 0 Å². The molecule has 0 saturated heterocycles. The largest absolute Gasteiger partial charge is 0.481 e. The fraction of sp³-hybridized carbons (Fsp3) is 0.385. The molecule has 20 heavy (non-hydrogen) atoms. The van der Waals surface area contributed by atoms with Crippen molar-refractivity contribution in [3.05, 3.63) is 30.1 Å². The van der Waals surface area contributed by atoms with Gasteiger partial charge in [0.05, 0.1) is 0 Å². The monoisotopic (exact) mass is 279 g/mol. The maximum Gasteiger partial charge on any atom is 0.321 e.